The number of anilines is 1. The van der Waals surface area contributed by atoms with E-state index in [0.717, 1.165) is 36.7 Å². The number of carbonyl (C=O) groups is 1. The van der Waals surface area contributed by atoms with Crippen molar-refractivity contribution in [2.45, 2.75) is 52.3 Å². The molecule has 2 aromatic rings. The molecule has 10 heteroatoms. The van der Waals surface area contributed by atoms with Gasteiger partial charge in [0.25, 0.3) is 5.91 Å². The second-order valence-electron chi connectivity index (χ2n) is 8.30. The molecule has 0 N–H and O–H groups in total. The lowest BCUT2D eigenvalue weighted by molar-refractivity contribution is -0.137. The second-order valence-corrected chi connectivity index (χ2v) is 8.71. The zero-order valence-corrected chi connectivity index (χ0v) is 19.0. The van der Waals surface area contributed by atoms with Crippen LogP contribution >= 0.6 is 25.1 Å². The van der Waals surface area contributed by atoms with Crippen LogP contribution in [-0.4, -0.2) is 27.9 Å². The van der Waals surface area contributed by atoms with E-state index in [1.54, 1.807) is 10.9 Å². The average molecular weight is 499 g/mol. The highest BCUT2D eigenvalue weighted by molar-refractivity contribution is 7.59. The number of amides is 1. The summed E-state index contributed by atoms with van der Waals surface area (Å²) in [5.74, 6) is 0.204. The first-order chi connectivity index (χ1) is 14.7. The van der Waals surface area contributed by atoms with Crippen molar-refractivity contribution in [2.75, 3.05) is 11.4 Å². The first-order valence-electron chi connectivity index (χ1n) is 10.3. The number of alkyl halides is 3. The minimum atomic E-state index is -4.55. The van der Waals surface area contributed by atoms with Crippen LogP contribution in [0.4, 0.5) is 18.9 Å². The van der Waals surface area contributed by atoms with E-state index in [2.05, 4.69) is 5.10 Å². The third-order valence-electron chi connectivity index (χ3n) is 6.30. The van der Waals surface area contributed by atoms with Crippen LogP contribution in [0.3, 0.4) is 0 Å². The van der Waals surface area contributed by atoms with Crippen LogP contribution in [0.25, 0.3) is 5.70 Å². The number of fused-ring (bicyclic) bond motifs is 1. The number of nitrogens with zero attached hydrogens (tertiary/aromatic N) is 4. The maximum Gasteiger partial charge on any atom is 0.417 e. The molecule has 0 saturated heterocycles. The molecule has 1 saturated carbocycles. The van der Waals surface area contributed by atoms with Gasteiger partial charge in [-0.3, -0.25) is 14.5 Å². The Hall–Kier alpha value is -2.26. The van der Waals surface area contributed by atoms with E-state index in [1.165, 1.54) is 23.5 Å². The molecule has 178 valence electrons. The fourth-order valence-corrected chi connectivity index (χ4v) is 4.67. The summed E-state index contributed by atoms with van der Waals surface area (Å²) in [7, 11) is 0. The van der Waals surface area contributed by atoms with Crippen molar-refractivity contribution in [2.24, 2.45) is 10.9 Å². The minimum absolute atomic E-state index is 0. The van der Waals surface area contributed by atoms with Crippen molar-refractivity contribution in [1.29, 1.82) is 0 Å². The Balaban J connectivity index is 0.00000153. The molecule has 0 unspecified atom stereocenters. The number of carbonyl (C=O) groups excluding carboxylic acids is 1. The maximum atomic E-state index is 13.4. The zero-order valence-electron chi connectivity index (χ0n) is 17.3. The van der Waals surface area contributed by atoms with Crippen LogP contribution in [0, 0.1) is 5.92 Å². The fraction of sp³-hybridized carbons (Fsp3) is 0.435. The monoisotopic (exact) mass is 498 g/mol. The summed E-state index contributed by atoms with van der Waals surface area (Å²) in [6.07, 6.45) is 3.46. The van der Waals surface area contributed by atoms with E-state index in [1.807, 2.05) is 13.0 Å². The van der Waals surface area contributed by atoms with Gasteiger partial charge in [0, 0.05) is 24.4 Å². The number of halogens is 4. The summed E-state index contributed by atoms with van der Waals surface area (Å²) in [5.41, 5.74) is 2.37. The highest BCUT2D eigenvalue weighted by Crippen LogP contribution is 2.39. The third kappa shape index (κ3) is 4.33. The molecule has 33 heavy (non-hydrogen) atoms. The molecule has 3 heterocycles. The van der Waals surface area contributed by atoms with Gasteiger partial charge in [-0.1, -0.05) is 31.5 Å². The lowest BCUT2D eigenvalue weighted by Gasteiger charge is -2.32. The standard InChI is InChI=1S/C22H20ClF3N4O.CH4.H2S/c1-12-11-29(14-5-6-16(17(23)9-14)22(24,25)26)21(31)20-15(10-27-30(12)20)19-8-7-18(28-19)13-3-2-4-13;;/h5-6,8-10,12-13H,2-4,7,11H2,1H3;1H4;1H2/t12-;;/m0../s1. The molecule has 1 amide bonds. The number of rotatable bonds is 3. The number of hydrogen-bond donors (Lipinski definition) is 0. The van der Waals surface area contributed by atoms with Crippen LogP contribution < -0.4 is 4.90 Å². The average Bonchev–Trinajstić information content (AvgIpc) is 3.29. The van der Waals surface area contributed by atoms with Gasteiger partial charge in [0.15, 0.2) is 0 Å². The molecule has 3 aliphatic rings. The topological polar surface area (TPSA) is 50.5 Å². The summed E-state index contributed by atoms with van der Waals surface area (Å²) in [5, 5.41) is 3.98. The fourth-order valence-electron chi connectivity index (χ4n) is 4.39. The molecule has 5 rings (SSSR count). The number of allylic oxidation sites excluding steroid dienone is 1. The van der Waals surface area contributed by atoms with Gasteiger partial charge in [0.2, 0.25) is 0 Å². The summed E-state index contributed by atoms with van der Waals surface area (Å²) in [6.45, 7) is 2.20. The lowest BCUT2D eigenvalue weighted by atomic mass is 9.81. The van der Waals surface area contributed by atoms with Gasteiger partial charge in [-0.25, -0.2) is 0 Å². The second kappa shape index (κ2) is 9.18. The number of benzene rings is 1. The number of hydrogen-bond acceptors (Lipinski definition) is 3. The Bertz CT molecular complexity index is 1140. The van der Waals surface area contributed by atoms with Gasteiger partial charge in [-0.15, -0.1) is 0 Å². The highest BCUT2D eigenvalue weighted by atomic mass is 35.5. The lowest BCUT2D eigenvalue weighted by Crippen LogP contribution is -2.43. The highest BCUT2D eigenvalue weighted by Gasteiger charge is 2.37. The summed E-state index contributed by atoms with van der Waals surface area (Å²) in [4.78, 5) is 19.6. The van der Waals surface area contributed by atoms with Crippen LogP contribution in [0.5, 0.6) is 0 Å². The molecule has 0 bridgehead atoms. The smallest absolute Gasteiger partial charge is 0.305 e. The Morgan fingerprint density at radius 3 is 2.55 bits per heavy atom. The number of aliphatic imine (C=N–C) groups is 1. The Labute approximate surface area is 202 Å². The molecule has 2 aliphatic heterocycles. The van der Waals surface area contributed by atoms with Crippen molar-refractivity contribution < 1.29 is 18.0 Å². The SMILES string of the molecule is C.C[C@H]1CN(c2ccc(C(F)(F)F)c(Cl)c2)C(=O)c2c(C3=CCC(C4CCC4)=N3)cnn21.S. The summed E-state index contributed by atoms with van der Waals surface area (Å²) >= 11 is 5.89. The molecule has 1 fully saturated rings. The van der Waals surface area contributed by atoms with Crippen LogP contribution in [0.2, 0.25) is 5.02 Å². The quantitative estimate of drug-likeness (QED) is 0.484. The minimum Gasteiger partial charge on any atom is -0.305 e. The van der Waals surface area contributed by atoms with E-state index in [9.17, 15) is 18.0 Å². The molecule has 0 spiro atoms. The predicted molar refractivity (Wildman–Crippen MR) is 130 cm³/mol. The Morgan fingerprint density at radius 2 is 1.94 bits per heavy atom. The van der Waals surface area contributed by atoms with Crippen molar-refractivity contribution in [3.05, 3.63) is 52.3 Å². The van der Waals surface area contributed by atoms with E-state index < -0.39 is 16.8 Å². The van der Waals surface area contributed by atoms with Crippen LogP contribution in [0.15, 0.2) is 35.5 Å². The van der Waals surface area contributed by atoms with Crippen molar-refractivity contribution in [3.63, 3.8) is 0 Å². The van der Waals surface area contributed by atoms with E-state index in [-0.39, 0.29) is 39.4 Å². The van der Waals surface area contributed by atoms with Gasteiger partial charge in [-0.05, 0) is 43.9 Å². The van der Waals surface area contributed by atoms with Crippen LogP contribution in [-0.2, 0) is 6.18 Å². The molecule has 1 aliphatic carbocycles. The summed E-state index contributed by atoms with van der Waals surface area (Å²) < 4.78 is 40.9. The molecule has 0 radical (unpaired) electrons. The zero-order chi connectivity index (χ0) is 21.9. The summed E-state index contributed by atoms with van der Waals surface area (Å²) in [6, 6.07) is 3.24. The Kier molecular flexibility index (Phi) is 7.05. The Morgan fingerprint density at radius 1 is 1.21 bits per heavy atom. The normalized spacial score (nSPS) is 20.3. The molecular formula is C23H26ClF3N4OS. The maximum absolute atomic E-state index is 13.4. The van der Waals surface area contributed by atoms with Gasteiger partial charge in [0.1, 0.15) is 5.69 Å². The largest absolute Gasteiger partial charge is 0.417 e. The first-order valence-corrected chi connectivity index (χ1v) is 10.7. The van der Waals surface area contributed by atoms with Crippen molar-refractivity contribution in [3.8, 4) is 0 Å². The third-order valence-corrected chi connectivity index (χ3v) is 6.61. The molecule has 5 nitrogen and oxygen atoms in total. The van der Waals surface area contributed by atoms with Gasteiger partial charge < -0.3 is 4.90 Å². The van der Waals surface area contributed by atoms with Crippen molar-refractivity contribution >= 4 is 48.1 Å². The van der Waals surface area contributed by atoms with Crippen molar-refractivity contribution in [1.82, 2.24) is 9.78 Å². The van der Waals surface area contributed by atoms with E-state index in [4.69, 9.17) is 16.6 Å². The van der Waals surface area contributed by atoms with Crippen LogP contribution in [0.1, 0.15) is 67.7 Å². The molecule has 1 aromatic carbocycles. The van der Waals surface area contributed by atoms with Gasteiger partial charge >= 0.3 is 6.18 Å². The van der Waals surface area contributed by atoms with Gasteiger partial charge in [0.05, 0.1) is 34.1 Å². The molecular weight excluding hydrogens is 473 g/mol. The molecule has 1 aromatic heterocycles. The van der Waals surface area contributed by atoms with E-state index >= 15 is 0 Å². The first kappa shape index (κ1) is 25.4. The van der Waals surface area contributed by atoms with E-state index in [0.29, 0.717) is 22.9 Å². The number of aromatic nitrogens is 2. The molecule has 1 atom stereocenters. The predicted octanol–water partition coefficient (Wildman–Crippen LogP) is 6.51. The van der Waals surface area contributed by atoms with Gasteiger partial charge in [-0.2, -0.15) is 31.8 Å².